The van der Waals surface area contributed by atoms with Crippen LogP contribution in [0.5, 0.6) is 5.75 Å². The number of ether oxygens (including phenoxy) is 1. The third-order valence-corrected chi connectivity index (χ3v) is 6.66. The molecule has 0 aliphatic rings. The van der Waals surface area contributed by atoms with E-state index in [0.29, 0.717) is 17.3 Å². The summed E-state index contributed by atoms with van der Waals surface area (Å²) < 4.78 is 74.5. The highest BCUT2D eigenvalue weighted by molar-refractivity contribution is 7.87. The van der Waals surface area contributed by atoms with Crippen LogP contribution in [0.2, 0.25) is 0 Å². The number of para-hydroxylation sites is 1. The molecule has 0 fully saturated rings. The van der Waals surface area contributed by atoms with Crippen LogP contribution in [0.4, 0.5) is 23.7 Å². The molecule has 0 saturated carbocycles. The number of carbonyl (C=O) groups is 1. The van der Waals surface area contributed by atoms with E-state index in [-0.39, 0.29) is 31.5 Å². The van der Waals surface area contributed by atoms with Gasteiger partial charge in [0.25, 0.3) is 0 Å². The number of amides is 2. The molecule has 0 saturated heterocycles. The smallest absolute Gasteiger partial charge is 0.383 e. The standard InChI is InChI=1S/C26H27F3N2O5S/c1-3-20-9-4-5-13-24(20)30-25(32)31(14-15-35-2)18-19-8-6-11-22(16-19)36-37(33,34)23-12-7-10-21(17-23)26(27,28)29/h4-13,16-17H,3,14-15,18H2,1-2H3,(H,30,32). The van der Waals surface area contributed by atoms with E-state index in [0.717, 1.165) is 30.2 Å². The maximum absolute atomic E-state index is 13.0. The Morgan fingerprint density at radius 1 is 1.00 bits per heavy atom. The zero-order valence-electron chi connectivity index (χ0n) is 20.3. The van der Waals surface area contributed by atoms with Crippen molar-refractivity contribution in [1.29, 1.82) is 0 Å². The fourth-order valence-electron chi connectivity index (χ4n) is 3.52. The maximum atomic E-state index is 13.0. The number of hydrogen-bond donors (Lipinski definition) is 1. The normalized spacial score (nSPS) is 11.7. The lowest BCUT2D eigenvalue weighted by Gasteiger charge is -2.24. The van der Waals surface area contributed by atoms with Crippen LogP contribution in [0.3, 0.4) is 0 Å². The molecule has 2 amide bonds. The molecule has 3 aromatic carbocycles. The minimum Gasteiger partial charge on any atom is -0.383 e. The van der Waals surface area contributed by atoms with Gasteiger partial charge >= 0.3 is 22.3 Å². The van der Waals surface area contributed by atoms with Gasteiger partial charge in [-0.3, -0.25) is 0 Å². The molecule has 0 radical (unpaired) electrons. The minimum atomic E-state index is -4.70. The van der Waals surface area contributed by atoms with Gasteiger partial charge in [-0.2, -0.15) is 21.6 Å². The summed E-state index contributed by atoms with van der Waals surface area (Å²) in [7, 11) is -3.02. The summed E-state index contributed by atoms with van der Waals surface area (Å²) in [5.41, 5.74) is 1.10. The van der Waals surface area contributed by atoms with Crippen LogP contribution in [-0.2, 0) is 34.0 Å². The highest BCUT2D eigenvalue weighted by atomic mass is 32.2. The maximum Gasteiger partial charge on any atom is 0.416 e. The Morgan fingerprint density at radius 3 is 2.43 bits per heavy atom. The summed E-state index contributed by atoms with van der Waals surface area (Å²) in [4.78, 5) is 13.9. The second-order valence-corrected chi connectivity index (χ2v) is 9.61. The molecule has 0 aromatic heterocycles. The van der Waals surface area contributed by atoms with Gasteiger partial charge in [0.1, 0.15) is 10.6 Å². The second-order valence-electron chi connectivity index (χ2n) is 8.07. The molecule has 3 aromatic rings. The van der Waals surface area contributed by atoms with Crippen LogP contribution >= 0.6 is 0 Å². The molecule has 37 heavy (non-hydrogen) atoms. The van der Waals surface area contributed by atoms with Crippen molar-refractivity contribution < 1.29 is 35.3 Å². The highest BCUT2D eigenvalue weighted by Gasteiger charge is 2.32. The Balaban J connectivity index is 1.79. The van der Waals surface area contributed by atoms with Crippen molar-refractivity contribution >= 4 is 21.8 Å². The van der Waals surface area contributed by atoms with Gasteiger partial charge in [-0.15, -0.1) is 0 Å². The lowest BCUT2D eigenvalue weighted by Crippen LogP contribution is -2.37. The fraction of sp³-hybridized carbons (Fsp3) is 0.269. The number of carbonyl (C=O) groups excluding carboxylic acids is 1. The van der Waals surface area contributed by atoms with Crippen LogP contribution in [0.25, 0.3) is 0 Å². The van der Waals surface area contributed by atoms with Crippen molar-refractivity contribution in [2.75, 3.05) is 25.6 Å². The van der Waals surface area contributed by atoms with E-state index in [2.05, 4.69) is 5.32 Å². The minimum absolute atomic E-state index is 0.0988. The number of benzene rings is 3. The topological polar surface area (TPSA) is 84.9 Å². The van der Waals surface area contributed by atoms with Crippen molar-refractivity contribution in [2.45, 2.75) is 31.0 Å². The predicted molar refractivity (Wildman–Crippen MR) is 133 cm³/mol. The molecule has 0 atom stereocenters. The Bertz CT molecular complexity index is 1330. The first-order valence-electron chi connectivity index (χ1n) is 11.4. The number of hydrogen-bond acceptors (Lipinski definition) is 5. The summed E-state index contributed by atoms with van der Waals surface area (Å²) in [6.45, 7) is 2.60. The molecule has 0 unspecified atom stereocenters. The van der Waals surface area contributed by atoms with Gasteiger partial charge in [0, 0.05) is 25.9 Å². The lowest BCUT2D eigenvalue weighted by molar-refractivity contribution is -0.137. The van der Waals surface area contributed by atoms with Crippen LogP contribution < -0.4 is 9.50 Å². The van der Waals surface area contributed by atoms with Gasteiger partial charge in [0.2, 0.25) is 0 Å². The molecule has 0 bridgehead atoms. The number of nitrogens with zero attached hydrogens (tertiary/aromatic N) is 1. The number of methoxy groups -OCH3 is 1. The van der Waals surface area contributed by atoms with Crippen LogP contribution in [0, 0.1) is 0 Å². The van der Waals surface area contributed by atoms with E-state index in [9.17, 15) is 26.4 Å². The zero-order chi connectivity index (χ0) is 27.1. The van der Waals surface area contributed by atoms with E-state index in [1.807, 2.05) is 25.1 Å². The summed E-state index contributed by atoms with van der Waals surface area (Å²) >= 11 is 0. The van der Waals surface area contributed by atoms with Crippen LogP contribution in [-0.4, -0.2) is 39.6 Å². The monoisotopic (exact) mass is 536 g/mol. The summed E-state index contributed by atoms with van der Waals surface area (Å²) in [5, 5.41) is 2.89. The van der Waals surface area contributed by atoms with Gasteiger partial charge in [-0.25, -0.2) is 4.79 Å². The molecule has 11 heteroatoms. The number of nitrogens with one attached hydrogen (secondary N) is 1. The number of anilines is 1. The van der Waals surface area contributed by atoms with E-state index < -0.39 is 26.8 Å². The molecule has 3 rings (SSSR count). The van der Waals surface area contributed by atoms with Gasteiger partial charge in [-0.1, -0.05) is 43.3 Å². The first kappa shape index (κ1) is 28.0. The third kappa shape index (κ3) is 7.70. The van der Waals surface area contributed by atoms with E-state index in [1.54, 1.807) is 12.1 Å². The number of alkyl halides is 3. The van der Waals surface area contributed by atoms with Crippen molar-refractivity contribution in [1.82, 2.24) is 4.90 Å². The SMILES string of the molecule is CCc1ccccc1NC(=O)N(CCOC)Cc1cccc(OS(=O)(=O)c2cccc(C(F)(F)F)c2)c1. The molecular weight excluding hydrogens is 509 g/mol. The van der Waals surface area contributed by atoms with Crippen LogP contribution in [0.15, 0.2) is 77.7 Å². The molecule has 1 N–H and O–H groups in total. The first-order valence-corrected chi connectivity index (χ1v) is 12.8. The van der Waals surface area contributed by atoms with Gasteiger partial charge < -0.3 is 19.1 Å². The number of urea groups is 1. The Hall–Kier alpha value is -3.57. The first-order chi connectivity index (χ1) is 17.5. The van der Waals surface area contributed by atoms with Crippen molar-refractivity contribution in [2.24, 2.45) is 0 Å². The summed E-state index contributed by atoms with van der Waals surface area (Å²) in [6, 6.07) is 16.4. The van der Waals surface area contributed by atoms with Crippen molar-refractivity contribution in [3.8, 4) is 5.75 Å². The third-order valence-electron chi connectivity index (χ3n) is 5.42. The Labute approximate surface area is 213 Å². The lowest BCUT2D eigenvalue weighted by atomic mass is 10.1. The van der Waals surface area contributed by atoms with Crippen LogP contribution in [0.1, 0.15) is 23.6 Å². The van der Waals surface area contributed by atoms with Gasteiger partial charge in [0.05, 0.1) is 12.2 Å². The average molecular weight is 537 g/mol. The average Bonchev–Trinajstić information content (AvgIpc) is 2.86. The molecular formula is C26H27F3N2O5S. The predicted octanol–water partition coefficient (Wildman–Crippen LogP) is 5.72. The van der Waals surface area contributed by atoms with E-state index in [1.165, 1.54) is 30.2 Å². The molecule has 7 nitrogen and oxygen atoms in total. The fourth-order valence-corrected chi connectivity index (χ4v) is 4.49. The Kier molecular flexibility index (Phi) is 9.17. The molecule has 0 heterocycles. The van der Waals surface area contributed by atoms with Gasteiger partial charge in [-0.05, 0) is 53.9 Å². The quantitative estimate of drug-likeness (QED) is 0.335. The summed E-state index contributed by atoms with van der Waals surface area (Å²) in [5.74, 6) is -0.0988. The summed E-state index contributed by atoms with van der Waals surface area (Å²) in [6.07, 6.45) is -3.97. The number of halogens is 3. The molecule has 0 aliphatic heterocycles. The molecule has 0 spiro atoms. The largest absolute Gasteiger partial charge is 0.416 e. The number of aryl methyl sites for hydroxylation is 1. The van der Waals surface area contributed by atoms with Crippen molar-refractivity contribution in [3.05, 3.63) is 89.5 Å². The van der Waals surface area contributed by atoms with E-state index in [4.69, 9.17) is 8.92 Å². The number of rotatable bonds is 10. The van der Waals surface area contributed by atoms with E-state index >= 15 is 0 Å². The molecule has 198 valence electrons. The zero-order valence-corrected chi connectivity index (χ0v) is 21.1. The second kappa shape index (κ2) is 12.1. The Morgan fingerprint density at radius 2 is 1.73 bits per heavy atom. The molecule has 0 aliphatic carbocycles. The van der Waals surface area contributed by atoms with Gasteiger partial charge in [0.15, 0.2) is 0 Å². The highest BCUT2D eigenvalue weighted by Crippen LogP contribution is 2.31. The van der Waals surface area contributed by atoms with Crippen molar-refractivity contribution in [3.63, 3.8) is 0 Å².